The lowest BCUT2D eigenvalue weighted by Gasteiger charge is -2.11. The topological polar surface area (TPSA) is 9.23 Å². The average molecular weight is 292 g/mol. The summed E-state index contributed by atoms with van der Waals surface area (Å²) in [5, 5.41) is 0. The molecule has 3 rings (SSSR count). The van der Waals surface area contributed by atoms with Crippen molar-refractivity contribution >= 4 is 0 Å². The largest absolute Gasteiger partial charge is 0.489 e. The van der Waals surface area contributed by atoms with E-state index < -0.39 is 11.7 Å². The van der Waals surface area contributed by atoms with E-state index in [1.807, 2.05) is 18.2 Å². The average Bonchev–Trinajstić information content (AvgIpc) is 2.92. The van der Waals surface area contributed by atoms with Crippen LogP contribution in [-0.2, 0) is 25.6 Å². The first-order valence-electron chi connectivity index (χ1n) is 6.93. The molecule has 4 heteroatoms. The van der Waals surface area contributed by atoms with Gasteiger partial charge in [0.2, 0.25) is 0 Å². The molecular formula is C17H15F3O. The van der Waals surface area contributed by atoms with Gasteiger partial charge < -0.3 is 4.74 Å². The fraction of sp³-hybridized carbons (Fsp3) is 0.294. The van der Waals surface area contributed by atoms with Crippen molar-refractivity contribution in [1.29, 1.82) is 0 Å². The summed E-state index contributed by atoms with van der Waals surface area (Å²) in [4.78, 5) is 0. The van der Waals surface area contributed by atoms with Gasteiger partial charge in [-0.3, -0.25) is 0 Å². The van der Waals surface area contributed by atoms with Crippen molar-refractivity contribution in [2.45, 2.75) is 32.0 Å². The van der Waals surface area contributed by atoms with Gasteiger partial charge in [-0.25, -0.2) is 0 Å². The second-order valence-electron chi connectivity index (χ2n) is 5.27. The highest BCUT2D eigenvalue weighted by Gasteiger charge is 2.30. The third kappa shape index (κ3) is 3.20. The van der Waals surface area contributed by atoms with Crippen molar-refractivity contribution in [3.8, 4) is 5.75 Å². The fourth-order valence-corrected chi connectivity index (χ4v) is 2.64. The Morgan fingerprint density at radius 2 is 1.76 bits per heavy atom. The minimum atomic E-state index is -4.32. The van der Waals surface area contributed by atoms with E-state index in [1.54, 1.807) is 6.07 Å². The Balaban J connectivity index is 1.70. The Labute approximate surface area is 121 Å². The Bertz CT molecular complexity index is 647. The maximum Gasteiger partial charge on any atom is 0.416 e. The number of hydrogen-bond acceptors (Lipinski definition) is 1. The number of ether oxygens (including phenoxy) is 1. The lowest BCUT2D eigenvalue weighted by molar-refractivity contribution is -0.137. The number of halogens is 3. The van der Waals surface area contributed by atoms with E-state index in [0.717, 1.165) is 31.4 Å². The van der Waals surface area contributed by atoms with Crippen molar-refractivity contribution in [2.75, 3.05) is 0 Å². The molecule has 0 bridgehead atoms. The number of hydrogen-bond donors (Lipinski definition) is 0. The minimum absolute atomic E-state index is 0.142. The molecule has 2 aromatic rings. The summed E-state index contributed by atoms with van der Waals surface area (Å²) in [6.45, 7) is 0.142. The molecule has 0 atom stereocenters. The van der Waals surface area contributed by atoms with Crippen LogP contribution < -0.4 is 4.74 Å². The molecule has 0 radical (unpaired) electrons. The predicted molar refractivity (Wildman–Crippen MR) is 74.2 cm³/mol. The van der Waals surface area contributed by atoms with Crippen molar-refractivity contribution in [1.82, 2.24) is 0 Å². The number of aryl methyl sites for hydroxylation is 2. The van der Waals surface area contributed by atoms with Crippen LogP contribution in [0.2, 0.25) is 0 Å². The zero-order chi connectivity index (χ0) is 14.9. The zero-order valence-corrected chi connectivity index (χ0v) is 11.4. The van der Waals surface area contributed by atoms with Crippen molar-refractivity contribution < 1.29 is 17.9 Å². The molecule has 0 heterocycles. The van der Waals surface area contributed by atoms with Crippen LogP contribution >= 0.6 is 0 Å². The van der Waals surface area contributed by atoms with Crippen LogP contribution in [0.5, 0.6) is 5.75 Å². The molecule has 0 unspecified atom stereocenters. The number of benzene rings is 2. The van der Waals surface area contributed by atoms with Crippen LogP contribution in [-0.4, -0.2) is 0 Å². The second-order valence-corrected chi connectivity index (χ2v) is 5.27. The number of alkyl halides is 3. The molecule has 1 aliphatic rings. The summed E-state index contributed by atoms with van der Waals surface area (Å²) in [6.07, 6.45) is -1.00. The molecule has 0 aromatic heterocycles. The van der Waals surface area contributed by atoms with Gasteiger partial charge in [-0.1, -0.05) is 18.2 Å². The van der Waals surface area contributed by atoms with E-state index in [2.05, 4.69) is 0 Å². The van der Waals surface area contributed by atoms with Crippen LogP contribution in [0, 0.1) is 0 Å². The Hall–Kier alpha value is -1.97. The molecule has 110 valence electrons. The van der Waals surface area contributed by atoms with Crippen LogP contribution in [0.15, 0.2) is 42.5 Å². The highest BCUT2D eigenvalue weighted by molar-refractivity contribution is 5.38. The maximum absolute atomic E-state index is 12.6. The van der Waals surface area contributed by atoms with Gasteiger partial charge in [-0.2, -0.15) is 13.2 Å². The van der Waals surface area contributed by atoms with Gasteiger partial charge in [-0.15, -0.1) is 0 Å². The minimum Gasteiger partial charge on any atom is -0.489 e. The Kier molecular flexibility index (Phi) is 3.62. The van der Waals surface area contributed by atoms with Gasteiger partial charge in [-0.05, 0) is 60.2 Å². The number of fused-ring (bicyclic) bond motifs is 1. The Morgan fingerprint density at radius 3 is 2.57 bits per heavy atom. The van der Waals surface area contributed by atoms with Gasteiger partial charge in [0, 0.05) is 0 Å². The summed E-state index contributed by atoms with van der Waals surface area (Å²) < 4.78 is 43.5. The van der Waals surface area contributed by atoms with Gasteiger partial charge >= 0.3 is 6.18 Å². The van der Waals surface area contributed by atoms with Crippen molar-refractivity contribution in [3.63, 3.8) is 0 Å². The standard InChI is InChI=1S/C17H15F3O/c18-17(19,20)15-6-1-3-12(9-15)11-21-16-8-7-13-4-2-5-14(13)10-16/h1,3,6-10H,2,4-5,11H2. The molecule has 1 aliphatic carbocycles. The van der Waals surface area contributed by atoms with Crippen LogP contribution in [0.4, 0.5) is 13.2 Å². The third-order valence-electron chi connectivity index (χ3n) is 3.73. The summed E-state index contributed by atoms with van der Waals surface area (Å²) in [6, 6.07) is 11.2. The van der Waals surface area contributed by atoms with Crippen LogP contribution in [0.25, 0.3) is 0 Å². The summed E-state index contributed by atoms with van der Waals surface area (Å²) >= 11 is 0. The molecule has 0 spiro atoms. The smallest absolute Gasteiger partial charge is 0.416 e. The molecule has 0 saturated heterocycles. The maximum atomic E-state index is 12.6. The van der Waals surface area contributed by atoms with Crippen LogP contribution in [0.1, 0.15) is 28.7 Å². The van der Waals surface area contributed by atoms with E-state index in [9.17, 15) is 13.2 Å². The molecule has 0 amide bonds. The third-order valence-corrected chi connectivity index (χ3v) is 3.73. The molecule has 0 N–H and O–H groups in total. The first-order valence-corrected chi connectivity index (χ1v) is 6.93. The second kappa shape index (κ2) is 5.43. The summed E-state index contributed by atoms with van der Waals surface area (Å²) in [5.74, 6) is 0.716. The van der Waals surface area contributed by atoms with Crippen LogP contribution in [0.3, 0.4) is 0 Å². The molecule has 1 nitrogen and oxygen atoms in total. The molecule has 2 aromatic carbocycles. The van der Waals surface area contributed by atoms with E-state index in [1.165, 1.54) is 17.2 Å². The molecule has 0 aliphatic heterocycles. The zero-order valence-electron chi connectivity index (χ0n) is 11.4. The summed E-state index contributed by atoms with van der Waals surface area (Å²) in [5.41, 5.74) is 2.51. The lowest BCUT2D eigenvalue weighted by Crippen LogP contribution is -2.06. The predicted octanol–water partition coefficient (Wildman–Crippen LogP) is 4.77. The molecule has 21 heavy (non-hydrogen) atoms. The van der Waals surface area contributed by atoms with Crippen molar-refractivity contribution in [3.05, 3.63) is 64.7 Å². The summed E-state index contributed by atoms with van der Waals surface area (Å²) in [7, 11) is 0. The molecule has 0 fully saturated rings. The normalized spacial score (nSPS) is 14.0. The molecule has 0 saturated carbocycles. The molecular weight excluding hydrogens is 277 g/mol. The van der Waals surface area contributed by atoms with Crippen molar-refractivity contribution in [2.24, 2.45) is 0 Å². The quantitative estimate of drug-likeness (QED) is 0.791. The van der Waals surface area contributed by atoms with Gasteiger partial charge in [0.15, 0.2) is 0 Å². The van der Waals surface area contributed by atoms with E-state index >= 15 is 0 Å². The first-order chi connectivity index (χ1) is 10.0. The monoisotopic (exact) mass is 292 g/mol. The van der Waals surface area contributed by atoms with Gasteiger partial charge in [0.1, 0.15) is 12.4 Å². The van der Waals surface area contributed by atoms with E-state index in [-0.39, 0.29) is 6.61 Å². The van der Waals surface area contributed by atoms with Gasteiger partial charge in [0.25, 0.3) is 0 Å². The first kappa shape index (κ1) is 14.0. The van der Waals surface area contributed by atoms with Gasteiger partial charge in [0.05, 0.1) is 5.56 Å². The Morgan fingerprint density at radius 1 is 0.952 bits per heavy atom. The van der Waals surface area contributed by atoms with E-state index in [4.69, 9.17) is 4.74 Å². The number of rotatable bonds is 3. The van der Waals surface area contributed by atoms with E-state index in [0.29, 0.717) is 11.3 Å². The fourth-order valence-electron chi connectivity index (χ4n) is 2.64. The SMILES string of the molecule is FC(F)(F)c1cccc(COc2ccc3c(c2)CCC3)c1. The highest BCUT2D eigenvalue weighted by atomic mass is 19.4. The highest BCUT2D eigenvalue weighted by Crippen LogP contribution is 2.30. The lowest BCUT2D eigenvalue weighted by atomic mass is 10.1.